The van der Waals surface area contributed by atoms with Crippen molar-refractivity contribution in [1.29, 1.82) is 0 Å². The van der Waals surface area contributed by atoms with Crippen molar-refractivity contribution in [1.82, 2.24) is 10.6 Å². The molecule has 0 aliphatic carbocycles. The van der Waals surface area contributed by atoms with E-state index in [0.29, 0.717) is 19.8 Å². The Balaban J connectivity index is 0. The minimum atomic E-state index is 0. The van der Waals surface area contributed by atoms with E-state index in [0.717, 1.165) is 38.5 Å². The number of halogens is 1. The van der Waals surface area contributed by atoms with Crippen LogP contribution in [0.25, 0.3) is 0 Å². The molecule has 0 aliphatic heterocycles. The van der Waals surface area contributed by atoms with Crippen LogP contribution >= 0.6 is 35.7 Å². The number of ether oxygens (including phenoxy) is 2. The predicted octanol–water partition coefficient (Wildman–Crippen LogP) is 2.36. The van der Waals surface area contributed by atoms with Crippen molar-refractivity contribution in [2.24, 2.45) is 4.99 Å². The van der Waals surface area contributed by atoms with Gasteiger partial charge in [0.05, 0.1) is 19.8 Å². The molecule has 0 saturated carbocycles. The third-order valence-electron chi connectivity index (χ3n) is 2.59. The highest BCUT2D eigenvalue weighted by atomic mass is 127. The van der Waals surface area contributed by atoms with Gasteiger partial charge in [-0.2, -0.15) is 11.8 Å². The van der Waals surface area contributed by atoms with Crippen LogP contribution in [0.15, 0.2) is 4.99 Å². The first-order chi connectivity index (χ1) is 9.85. The Bertz CT molecular complexity index is 234. The normalized spacial score (nSPS) is 11.1. The summed E-state index contributed by atoms with van der Waals surface area (Å²) in [5.41, 5.74) is 0. The molecule has 7 heteroatoms. The number of unbranched alkanes of at least 4 members (excludes halogenated alkanes) is 1. The molecule has 21 heavy (non-hydrogen) atoms. The predicted molar refractivity (Wildman–Crippen MR) is 104 cm³/mol. The number of rotatable bonds is 13. The Labute approximate surface area is 151 Å². The largest absolute Gasteiger partial charge is 0.379 e. The zero-order valence-electron chi connectivity index (χ0n) is 13.7. The van der Waals surface area contributed by atoms with E-state index in [-0.39, 0.29) is 24.0 Å². The molecule has 5 nitrogen and oxygen atoms in total. The van der Waals surface area contributed by atoms with Crippen molar-refractivity contribution in [2.45, 2.75) is 26.2 Å². The molecule has 0 unspecified atom stereocenters. The molecule has 0 aromatic carbocycles. The van der Waals surface area contributed by atoms with E-state index in [4.69, 9.17) is 9.47 Å². The molecule has 0 spiro atoms. The molecule has 0 aromatic heterocycles. The van der Waals surface area contributed by atoms with Gasteiger partial charge in [-0.15, -0.1) is 24.0 Å². The second-order valence-corrected chi connectivity index (χ2v) is 5.34. The van der Waals surface area contributed by atoms with Gasteiger partial charge in [0.2, 0.25) is 0 Å². The van der Waals surface area contributed by atoms with Gasteiger partial charge in [0.1, 0.15) is 0 Å². The molecule has 0 radical (unpaired) electrons. The summed E-state index contributed by atoms with van der Waals surface area (Å²) in [5.74, 6) is 2.01. The first kappa shape index (κ1) is 23.5. The third kappa shape index (κ3) is 18.2. The van der Waals surface area contributed by atoms with E-state index in [2.05, 4.69) is 28.8 Å². The van der Waals surface area contributed by atoms with Crippen molar-refractivity contribution in [3.05, 3.63) is 0 Å². The first-order valence-electron chi connectivity index (χ1n) is 7.44. The Kier molecular flexibility index (Phi) is 22.7. The minimum absolute atomic E-state index is 0. The van der Waals surface area contributed by atoms with E-state index >= 15 is 0 Å². The van der Waals surface area contributed by atoms with E-state index in [1.807, 2.05) is 11.8 Å². The number of aliphatic imine (C=N–C) groups is 1. The van der Waals surface area contributed by atoms with E-state index in [9.17, 15) is 0 Å². The van der Waals surface area contributed by atoms with Crippen LogP contribution in [0, 0.1) is 0 Å². The molecule has 128 valence electrons. The molecule has 0 saturated heterocycles. The second-order valence-electron chi connectivity index (χ2n) is 4.35. The number of hydrogen-bond acceptors (Lipinski definition) is 4. The van der Waals surface area contributed by atoms with Crippen molar-refractivity contribution in [3.8, 4) is 0 Å². The van der Waals surface area contributed by atoms with Crippen LogP contribution in [-0.2, 0) is 9.47 Å². The van der Waals surface area contributed by atoms with Gasteiger partial charge < -0.3 is 20.1 Å². The summed E-state index contributed by atoms with van der Waals surface area (Å²) < 4.78 is 10.9. The topological polar surface area (TPSA) is 54.9 Å². The van der Waals surface area contributed by atoms with Crippen LogP contribution in [0.4, 0.5) is 0 Å². The molecule has 0 atom stereocenters. The third-order valence-corrected chi connectivity index (χ3v) is 3.29. The van der Waals surface area contributed by atoms with Crippen molar-refractivity contribution >= 4 is 41.7 Å². The molecule has 2 N–H and O–H groups in total. The van der Waals surface area contributed by atoms with Crippen LogP contribution in [-0.4, -0.2) is 64.5 Å². The van der Waals surface area contributed by atoms with Gasteiger partial charge in [-0.25, -0.2) is 0 Å². The maximum absolute atomic E-state index is 5.48. The van der Waals surface area contributed by atoms with Gasteiger partial charge in [-0.05, 0) is 24.9 Å². The number of nitrogens with zero attached hydrogens (tertiary/aromatic N) is 1. The van der Waals surface area contributed by atoms with Crippen LogP contribution < -0.4 is 10.6 Å². The smallest absolute Gasteiger partial charge is 0.191 e. The van der Waals surface area contributed by atoms with Crippen LogP contribution in [0.1, 0.15) is 26.2 Å². The number of thioether (sulfide) groups is 1. The zero-order valence-corrected chi connectivity index (χ0v) is 16.8. The maximum Gasteiger partial charge on any atom is 0.191 e. The quantitative estimate of drug-likeness (QED) is 0.202. The van der Waals surface area contributed by atoms with Crippen LogP contribution in [0.5, 0.6) is 0 Å². The first-order valence-corrected chi connectivity index (χ1v) is 8.83. The fourth-order valence-corrected chi connectivity index (χ4v) is 1.89. The van der Waals surface area contributed by atoms with Crippen molar-refractivity contribution < 1.29 is 9.47 Å². The van der Waals surface area contributed by atoms with E-state index in [1.54, 1.807) is 7.05 Å². The highest BCUT2D eigenvalue weighted by molar-refractivity contribution is 14.0. The van der Waals surface area contributed by atoms with Gasteiger partial charge in [-0.1, -0.05) is 13.3 Å². The molecular formula is C14H32IN3O2S. The molecule has 0 bridgehead atoms. The minimum Gasteiger partial charge on any atom is -0.379 e. The van der Waals surface area contributed by atoms with Crippen molar-refractivity contribution in [3.63, 3.8) is 0 Å². The highest BCUT2D eigenvalue weighted by Crippen LogP contribution is 1.93. The molecule has 0 amide bonds. The summed E-state index contributed by atoms with van der Waals surface area (Å²) in [6, 6.07) is 0. The van der Waals surface area contributed by atoms with Crippen LogP contribution in [0.3, 0.4) is 0 Å². The summed E-state index contributed by atoms with van der Waals surface area (Å²) in [6.45, 7) is 6.72. The molecule has 0 aliphatic rings. The average molecular weight is 433 g/mol. The lowest BCUT2D eigenvalue weighted by Crippen LogP contribution is -2.39. The van der Waals surface area contributed by atoms with E-state index in [1.165, 1.54) is 12.2 Å². The van der Waals surface area contributed by atoms with Crippen molar-refractivity contribution in [2.75, 3.05) is 58.6 Å². The second kappa shape index (κ2) is 20.3. The molecule has 0 fully saturated rings. The van der Waals surface area contributed by atoms with Gasteiger partial charge in [-0.3, -0.25) is 4.99 Å². The summed E-state index contributed by atoms with van der Waals surface area (Å²) in [7, 11) is 1.78. The van der Waals surface area contributed by atoms with Gasteiger partial charge in [0.25, 0.3) is 0 Å². The molecule has 0 aromatic rings. The molecule has 0 rings (SSSR count). The average Bonchev–Trinajstić information content (AvgIpc) is 2.47. The van der Waals surface area contributed by atoms with Gasteiger partial charge in [0.15, 0.2) is 5.96 Å². The standard InChI is InChI=1S/C14H31N3O2S.HI/c1-4-5-9-18-11-12-19-10-8-17-14(15-2)16-7-6-13-20-3;/h4-13H2,1-3H3,(H2,15,16,17);1H. The Morgan fingerprint density at radius 1 is 1.00 bits per heavy atom. The summed E-state index contributed by atoms with van der Waals surface area (Å²) in [4.78, 5) is 4.16. The fraction of sp³-hybridized carbons (Fsp3) is 0.929. The summed E-state index contributed by atoms with van der Waals surface area (Å²) in [6.07, 6.45) is 5.57. The lowest BCUT2D eigenvalue weighted by atomic mass is 10.4. The van der Waals surface area contributed by atoms with E-state index < -0.39 is 0 Å². The Morgan fingerprint density at radius 3 is 2.29 bits per heavy atom. The number of hydrogen-bond donors (Lipinski definition) is 2. The maximum atomic E-state index is 5.48. The lowest BCUT2D eigenvalue weighted by Gasteiger charge is -2.11. The SMILES string of the molecule is CCCCOCCOCCNC(=NC)NCCCSC.I. The number of nitrogens with one attached hydrogen (secondary N) is 2. The van der Waals surface area contributed by atoms with Gasteiger partial charge in [0, 0.05) is 26.7 Å². The van der Waals surface area contributed by atoms with Gasteiger partial charge >= 0.3 is 0 Å². The molecule has 0 heterocycles. The summed E-state index contributed by atoms with van der Waals surface area (Å²) in [5, 5.41) is 6.50. The Morgan fingerprint density at radius 2 is 1.67 bits per heavy atom. The number of guanidine groups is 1. The Hall–Kier alpha value is 0.270. The molecular weight excluding hydrogens is 401 g/mol. The zero-order chi connectivity index (χ0) is 14.9. The lowest BCUT2D eigenvalue weighted by molar-refractivity contribution is 0.0487. The fourth-order valence-electron chi connectivity index (χ4n) is 1.45. The highest BCUT2D eigenvalue weighted by Gasteiger charge is 1.96. The van der Waals surface area contributed by atoms with Crippen LogP contribution in [0.2, 0.25) is 0 Å². The monoisotopic (exact) mass is 433 g/mol. The summed E-state index contributed by atoms with van der Waals surface area (Å²) >= 11 is 1.86.